The molecule has 0 radical (unpaired) electrons. The Hall–Kier alpha value is -2.43. The van der Waals surface area contributed by atoms with Crippen molar-refractivity contribution in [3.05, 3.63) is 45.5 Å². The fourth-order valence-electron chi connectivity index (χ4n) is 3.03. The van der Waals surface area contributed by atoms with Gasteiger partial charge in [-0.15, -0.1) is 0 Å². The highest BCUT2D eigenvalue weighted by molar-refractivity contribution is 5.95. The Morgan fingerprint density at radius 2 is 1.91 bits per heavy atom. The molecule has 0 spiro atoms. The molecule has 5 heteroatoms. The van der Waals surface area contributed by atoms with E-state index in [9.17, 15) is 9.18 Å². The highest BCUT2D eigenvalue weighted by atomic mass is 19.1. The lowest BCUT2D eigenvalue weighted by molar-refractivity contribution is 0.627. The van der Waals surface area contributed by atoms with Crippen molar-refractivity contribution in [2.45, 2.75) is 13.8 Å². The SMILES string of the molecule is Cc1cn(C)c2nc3c(C)c(N(C)C)c(F)cc3cc2c1=O. The van der Waals surface area contributed by atoms with Crippen LogP contribution < -0.4 is 10.3 Å². The van der Waals surface area contributed by atoms with Crippen molar-refractivity contribution in [1.82, 2.24) is 9.55 Å². The van der Waals surface area contributed by atoms with Crippen LogP contribution in [0.25, 0.3) is 21.9 Å². The number of anilines is 1. The van der Waals surface area contributed by atoms with E-state index in [-0.39, 0.29) is 11.2 Å². The molecule has 0 saturated heterocycles. The third kappa shape index (κ3) is 1.96. The Bertz CT molecular complexity index is 973. The van der Waals surface area contributed by atoms with Gasteiger partial charge < -0.3 is 9.47 Å². The van der Waals surface area contributed by atoms with Crippen molar-refractivity contribution in [3.63, 3.8) is 0 Å². The second-order valence-electron chi connectivity index (χ2n) is 5.91. The maximum Gasteiger partial charge on any atom is 0.193 e. The van der Waals surface area contributed by atoms with E-state index in [1.807, 2.05) is 18.5 Å². The van der Waals surface area contributed by atoms with Crippen molar-refractivity contribution >= 4 is 27.6 Å². The van der Waals surface area contributed by atoms with Crippen molar-refractivity contribution in [1.29, 1.82) is 0 Å². The van der Waals surface area contributed by atoms with Crippen molar-refractivity contribution in [2.75, 3.05) is 19.0 Å². The predicted molar refractivity (Wildman–Crippen MR) is 88.2 cm³/mol. The summed E-state index contributed by atoms with van der Waals surface area (Å²) in [5.74, 6) is -0.305. The number of aryl methyl sites for hydroxylation is 3. The fourth-order valence-corrected chi connectivity index (χ4v) is 3.03. The quantitative estimate of drug-likeness (QED) is 0.648. The monoisotopic (exact) mass is 299 g/mol. The van der Waals surface area contributed by atoms with Crippen LogP contribution in [0, 0.1) is 19.7 Å². The molecule has 2 heterocycles. The molecule has 0 atom stereocenters. The zero-order valence-electron chi connectivity index (χ0n) is 13.4. The third-order valence-electron chi connectivity index (χ3n) is 4.02. The molecule has 1 aromatic carbocycles. The molecular weight excluding hydrogens is 281 g/mol. The summed E-state index contributed by atoms with van der Waals surface area (Å²) in [4.78, 5) is 18.7. The summed E-state index contributed by atoms with van der Waals surface area (Å²) >= 11 is 0. The summed E-state index contributed by atoms with van der Waals surface area (Å²) < 4.78 is 16.2. The summed E-state index contributed by atoms with van der Waals surface area (Å²) in [6.07, 6.45) is 1.77. The zero-order chi connectivity index (χ0) is 16.2. The maximum absolute atomic E-state index is 14.3. The van der Waals surface area contributed by atoms with Gasteiger partial charge in [0.15, 0.2) is 5.43 Å². The Morgan fingerprint density at radius 1 is 1.23 bits per heavy atom. The molecule has 4 nitrogen and oxygen atoms in total. The van der Waals surface area contributed by atoms with Crippen LogP contribution in [0.15, 0.2) is 23.1 Å². The second kappa shape index (κ2) is 4.80. The fraction of sp³-hybridized carbons (Fsp3) is 0.294. The first-order chi connectivity index (χ1) is 10.3. The smallest absolute Gasteiger partial charge is 0.193 e. The number of benzene rings is 1. The lowest BCUT2D eigenvalue weighted by atomic mass is 10.1. The van der Waals surface area contributed by atoms with Crippen molar-refractivity contribution < 1.29 is 4.39 Å². The van der Waals surface area contributed by atoms with E-state index >= 15 is 0 Å². The molecule has 0 bridgehead atoms. The lowest BCUT2D eigenvalue weighted by Gasteiger charge is -2.18. The predicted octanol–water partition coefficient (Wildman–Crippen LogP) is 2.91. The molecule has 22 heavy (non-hydrogen) atoms. The molecule has 2 aromatic heterocycles. The van der Waals surface area contributed by atoms with Crippen molar-refractivity contribution in [2.24, 2.45) is 7.05 Å². The van der Waals surface area contributed by atoms with Gasteiger partial charge in [-0.25, -0.2) is 9.37 Å². The summed E-state index contributed by atoms with van der Waals surface area (Å²) in [6.45, 7) is 3.62. The van der Waals surface area contributed by atoms with E-state index < -0.39 is 0 Å². The molecule has 0 fully saturated rings. The maximum atomic E-state index is 14.3. The molecule has 0 aliphatic heterocycles. The first kappa shape index (κ1) is 14.5. The molecule has 3 aromatic rings. The van der Waals surface area contributed by atoms with E-state index in [0.29, 0.717) is 27.7 Å². The van der Waals surface area contributed by atoms with Gasteiger partial charge in [-0.1, -0.05) is 0 Å². The molecule has 114 valence electrons. The Balaban J connectivity index is 2.54. The van der Waals surface area contributed by atoms with Gasteiger partial charge >= 0.3 is 0 Å². The molecule has 0 N–H and O–H groups in total. The molecule has 3 rings (SSSR count). The van der Waals surface area contributed by atoms with Crippen LogP contribution in [0.5, 0.6) is 0 Å². The Labute approximate surface area is 127 Å². The third-order valence-corrected chi connectivity index (χ3v) is 4.02. The van der Waals surface area contributed by atoms with Crippen LogP contribution in [-0.2, 0) is 7.05 Å². The number of rotatable bonds is 1. The van der Waals surface area contributed by atoms with Crippen LogP contribution >= 0.6 is 0 Å². The molecule has 0 aliphatic rings. The van der Waals surface area contributed by atoms with Gasteiger partial charge in [0, 0.05) is 43.9 Å². The van der Waals surface area contributed by atoms with Gasteiger partial charge in [-0.3, -0.25) is 4.79 Å². The largest absolute Gasteiger partial charge is 0.375 e. The van der Waals surface area contributed by atoms with E-state index in [1.54, 1.807) is 38.2 Å². The van der Waals surface area contributed by atoms with Crippen molar-refractivity contribution in [3.8, 4) is 0 Å². The first-order valence-electron chi connectivity index (χ1n) is 7.08. The van der Waals surface area contributed by atoms with Gasteiger partial charge in [0.1, 0.15) is 11.5 Å². The molecule has 0 aliphatic carbocycles. The molecule has 0 saturated carbocycles. The molecule has 0 amide bonds. The van der Waals surface area contributed by atoms with Gasteiger partial charge in [-0.2, -0.15) is 0 Å². The second-order valence-corrected chi connectivity index (χ2v) is 5.91. The number of hydrogen-bond acceptors (Lipinski definition) is 3. The van der Waals surface area contributed by atoms with Gasteiger partial charge in [0.2, 0.25) is 0 Å². The van der Waals surface area contributed by atoms with Crippen LogP contribution in [-0.4, -0.2) is 23.6 Å². The van der Waals surface area contributed by atoms with Crippen LogP contribution in [0.3, 0.4) is 0 Å². The zero-order valence-corrected chi connectivity index (χ0v) is 13.4. The first-order valence-corrected chi connectivity index (χ1v) is 7.08. The van der Waals surface area contributed by atoms with Gasteiger partial charge in [-0.05, 0) is 26.0 Å². The summed E-state index contributed by atoms with van der Waals surface area (Å²) in [6, 6.07) is 3.19. The summed E-state index contributed by atoms with van der Waals surface area (Å²) in [5.41, 5.74) is 3.22. The Morgan fingerprint density at radius 3 is 2.55 bits per heavy atom. The molecule has 0 unspecified atom stereocenters. The number of hydrogen-bond donors (Lipinski definition) is 0. The normalized spacial score (nSPS) is 11.4. The number of nitrogens with zero attached hydrogens (tertiary/aromatic N) is 3. The van der Waals surface area contributed by atoms with E-state index in [1.165, 1.54) is 6.07 Å². The van der Waals surface area contributed by atoms with E-state index in [0.717, 1.165) is 11.1 Å². The van der Waals surface area contributed by atoms with E-state index in [2.05, 4.69) is 4.98 Å². The number of fused-ring (bicyclic) bond motifs is 2. The average Bonchev–Trinajstić information content (AvgIpc) is 2.43. The number of pyridine rings is 2. The minimum absolute atomic E-state index is 0.0581. The lowest BCUT2D eigenvalue weighted by Crippen LogP contribution is -2.14. The van der Waals surface area contributed by atoms with Crippen LogP contribution in [0.2, 0.25) is 0 Å². The Kier molecular flexibility index (Phi) is 3.16. The summed E-state index contributed by atoms with van der Waals surface area (Å²) in [7, 11) is 5.47. The standard InChI is InChI=1S/C17H18FN3O/c1-9-8-21(5)17-12(16(9)22)6-11-7-13(18)15(20(3)4)10(2)14(11)19-17/h6-8H,1-5H3. The minimum atomic E-state index is -0.305. The highest BCUT2D eigenvalue weighted by Crippen LogP contribution is 2.30. The van der Waals surface area contributed by atoms with E-state index in [4.69, 9.17) is 0 Å². The topological polar surface area (TPSA) is 38.1 Å². The van der Waals surface area contributed by atoms with Crippen LogP contribution in [0.4, 0.5) is 10.1 Å². The summed E-state index contributed by atoms with van der Waals surface area (Å²) in [5, 5.41) is 1.17. The number of halogens is 1. The van der Waals surface area contributed by atoms with Crippen LogP contribution in [0.1, 0.15) is 11.1 Å². The van der Waals surface area contributed by atoms with Gasteiger partial charge in [0.25, 0.3) is 0 Å². The average molecular weight is 299 g/mol. The van der Waals surface area contributed by atoms with Gasteiger partial charge in [0.05, 0.1) is 16.6 Å². The highest BCUT2D eigenvalue weighted by Gasteiger charge is 2.15. The molecular formula is C17H18FN3O. The minimum Gasteiger partial charge on any atom is -0.375 e. The number of aromatic nitrogens is 2.